The molecule has 7 heteroatoms. The fourth-order valence-corrected chi connectivity index (χ4v) is 4.01. The van der Waals surface area contributed by atoms with Crippen molar-refractivity contribution in [1.29, 1.82) is 0 Å². The van der Waals surface area contributed by atoms with Gasteiger partial charge in [-0.15, -0.1) is 17.0 Å². The Morgan fingerprint density at radius 1 is 1.46 bits per heavy atom. The smallest absolute Gasteiger partial charge is 0.228 e. The lowest BCUT2D eigenvalue weighted by atomic mass is 9.80. The summed E-state index contributed by atoms with van der Waals surface area (Å²) in [6.07, 6.45) is 5.22. The number of hydrogen-bond donors (Lipinski definition) is 3. The Labute approximate surface area is 163 Å². The van der Waals surface area contributed by atoms with Crippen LogP contribution in [0.15, 0.2) is 30.5 Å². The summed E-state index contributed by atoms with van der Waals surface area (Å²) >= 11 is 0. The number of rotatable bonds is 3. The van der Waals surface area contributed by atoms with Gasteiger partial charge in [-0.1, -0.05) is 18.2 Å². The van der Waals surface area contributed by atoms with E-state index in [4.69, 9.17) is 5.11 Å². The number of carbonyl (C=O) groups is 1. The van der Waals surface area contributed by atoms with Crippen LogP contribution in [-0.4, -0.2) is 58.7 Å². The summed E-state index contributed by atoms with van der Waals surface area (Å²) in [7, 11) is 2.09. The molecule has 1 aromatic heterocycles. The van der Waals surface area contributed by atoms with Gasteiger partial charge in [-0.2, -0.15) is 0 Å². The normalized spacial score (nSPS) is 22.5. The maximum atomic E-state index is 12.5. The van der Waals surface area contributed by atoms with Gasteiger partial charge in [0.05, 0.1) is 12.5 Å². The first kappa shape index (κ1) is 20.6. The van der Waals surface area contributed by atoms with E-state index in [9.17, 15) is 4.79 Å². The molecule has 6 nitrogen and oxygen atoms in total. The van der Waals surface area contributed by atoms with Crippen LogP contribution in [0, 0.1) is 5.92 Å². The third-order valence-electron chi connectivity index (χ3n) is 5.27. The number of nitrogens with zero attached hydrogens (tertiary/aromatic N) is 1. The minimum atomic E-state index is -0.218. The summed E-state index contributed by atoms with van der Waals surface area (Å²) in [5.74, 6) is -0.201. The number of aromatic amines is 1. The molecule has 0 unspecified atom stereocenters. The minimum absolute atomic E-state index is 0. The number of hydrogen-bond acceptors (Lipinski definition) is 3. The quantitative estimate of drug-likeness (QED) is 0.692. The first-order chi connectivity index (χ1) is 11.6. The average Bonchev–Trinajstić information content (AvgIpc) is 3.00. The molecular formula is C19H26BrN3O3. The van der Waals surface area contributed by atoms with E-state index >= 15 is 0 Å². The van der Waals surface area contributed by atoms with Crippen molar-refractivity contribution < 1.29 is 15.4 Å². The van der Waals surface area contributed by atoms with Crippen molar-refractivity contribution in [3.63, 3.8) is 0 Å². The Bertz CT molecular complexity index is 833. The van der Waals surface area contributed by atoms with Gasteiger partial charge in [0.1, 0.15) is 0 Å². The highest BCUT2D eigenvalue weighted by Gasteiger charge is 2.35. The molecule has 3 atom stereocenters. The second-order valence-electron chi connectivity index (χ2n) is 7.02. The zero-order valence-corrected chi connectivity index (χ0v) is 16.7. The lowest BCUT2D eigenvalue weighted by Gasteiger charge is -2.39. The maximum Gasteiger partial charge on any atom is 0.228 e. The van der Waals surface area contributed by atoms with Crippen LogP contribution < -0.4 is 5.32 Å². The molecule has 2 aromatic rings. The largest absolute Gasteiger partial charge is 0.412 e. The average molecular weight is 424 g/mol. The molecule has 0 spiro atoms. The van der Waals surface area contributed by atoms with Crippen molar-refractivity contribution in [2.75, 3.05) is 20.2 Å². The number of H-pyrrole nitrogens is 1. The Morgan fingerprint density at radius 3 is 2.96 bits per heavy atom. The Morgan fingerprint density at radius 2 is 2.23 bits per heavy atom. The van der Waals surface area contributed by atoms with Gasteiger partial charge in [-0.05, 0) is 43.2 Å². The molecule has 142 valence electrons. The van der Waals surface area contributed by atoms with Crippen molar-refractivity contribution in [2.24, 2.45) is 5.92 Å². The van der Waals surface area contributed by atoms with Gasteiger partial charge in [0.25, 0.3) is 0 Å². The third kappa shape index (κ3) is 3.32. The summed E-state index contributed by atoms with van der Waals surface area (Å²) < 4.78 is 0. The first-order valence-corrected chi connectivity index (χ1v) is 8.51. The fraction of sp³-hybridized carbons (Fsp3) is 0.421. The topological polar surface area (TPSA) is 99.9 Å². The van der Waals surface area contributed by atoms with Crippen LogP contribution in [0.25, 0.3) is 16.5 Å². The predicted molar refractivity (Wildman–Crippen MR) is 109 cm³/mol. The summed E-state index contributed by atoms with van der Waals surface area (Å²) in [6.45, 7) is 2.47. The molecule has 4 rings (SSSR count). The molecule has 0 saturated heterocycles. The van der Waals surface area contributed by atoms with Crippen LogP contribution in [0.1, 0.15) is 18.1 Å². The highest BCUT2D eigenvalue weighted by Crippen LogP contribution is 2.40. The van der Waals surface area contributed by atoms with Crippen LogP contribution in [0.5, 0.6) is 0 Å². The molecule has 26 heavy (non-hydrogen) atoms. The van der Waals surface area contributed by atoms with E-state index in [0.29, 0.717) is 12.6 Å². The van der Waals surface area contributed by atoms with Crippen LogP contribution in [0.3, 0.4) is 0 Å². The van der Waals surface area contributed by atoms with E-state index in [2.05, 4.69) is 52.7 Å². The fourth-order valence-electron chi connectivity index (χ4n) is 4.01. The van der Waals surface area contributed by atoms with Crippen molar-refractivity contribution in [1.82, 2.24) is 15.2 Å². The van der Waals surface area contributed by atoms with Gasteiger partial charge < -0.3 is 20.9 Å². The van der Waals surface area contributed by atoms with Crippen LogP contribution in [-0.2, 0) is 11.2 Å². The third-order valence-corrected chi connectivity index (χ3v) is 5.27. The van der Waals surface area contributed by atoms with E-state index < -0.39 is 0 Å². The van der Waals surface area contributed by atoms with E-state index in [1.807, 2.05) is 6.92 Å². The molecule has 0 fully saturated rings. The number of carbonyl (C=O) groups excluding carboxylic acids is 1. The number of aliphatic hydroxyl groups is 1. The molecule has 5 N–H and O–H groups in total. The Kier molecular flexibility index (Phi) is 6.29. The highest BCUT2D eigenvalue weighted by atomic mass is 79.9. The second-order valence-corrected chi connectivity index (χ2v) is 7.02. The first-order valence-electron chi connectivity index (χ1n) is 8.51. The molecular weight excluding hydrogens is 398 g/mol. The van der Waals surface area contributed by atoms with E-state index in [-0.39, 0.29) is 46.9 Å². The van der Waals surface area contributed by atoms with Gasteiger partial charge in [0.15, 0.2) is 0 Å². The Hall–Kier alpha value is -1.67. The number of likely N-dealkylation sites (N-methyl/N-ethyl adjacent to an activating group) is 1. The number of nitrogens with one attached hydrogen (secondary N) is 2. The van der Waals surface area contributed by atoms with Gasteiger partial charge in [0, 0.05) is 35.7 Å². The molecule has 0 bridgehead atoms. The van der Waals surface area contributed by atoms with Crippen molar-refractivity contribution in [3.8, 4) is 0 Å². The van der Waals surface area contributed by atoms with Crippen molar-refractivity contribution >= 4 is 39.4 Å². The standard InChI is InChI=1S/C19H23N3O2.BrH.H2O/c1-11(10-23)21-19(24)13-6-15-14-4-3-5-16-18(14)12(8-20-16)7-17(15)22(2)9-13;;/h3-6,8,11,13,17,20,23H,7,9-10H2,1-2H3,(H,21,24);1H;1H2/t11-,13-,17+;;/m0../s1. The number of fused-ring (bicyclic) bond motifs is 2. The molecule has 1 amide bonds. The lowest BCUT2D eigenvalue weighted by Crippen LogP contribution is -2.48. The minimum Gasteiger partial charge on any atom is -0.412 e. The maximum absolute atomic E-state index is 12.5. The molecule has 0 saturated carbocycles. The second kappa shape index (κ2) is 7.92. The van der Waals surface area contributed by atoms with Gasteiger partial charge >= 0.3 is 0 Å². The van der Waals surface area contributed by atoms with Crippen LogP contribution >= 0.6 is 17.0 Å². The van der Waals surface area contributed by atoms with Gasteiger partial charge in [-0.3, -0.25) is 9.69 Å². The predicted octanol–water partition coefficient (Wildman–Crippen LogP) is 1.29. The molecule has 2 heterocycles. The summed E-state index contributed by atoms with van der Waals surface area (Å²) in [5.41, 5.74) is 4.99. The SMILES string of the molecule is Br.C[C@@H](CO)NC(=O)[C@H]1C=C2c3cccc4[nH]cc(c34)C[C@H]2N(C)C1.O. The molecule has 1 aliphatic carbocycles. The lowest BCUT2D eigenvalue weighted by molar-refractivity contribution is -0.125. The van der Waals surface area contributed by atoms with Gasteiger partial charge in [0.2, 0.25) is 5.91 Å². The number of aromatic nitrogens is 1. The Balaban J connectivity index is 0.00000121. The van der Waals surface area contributed by atoms with E-state index in [1.54, 1.807) is 0 Å². The summed E-state index contributed by atoms with van der Waals surface area (Å²) in [5, 5.41) is 13.3. The van der Waals surface area contributed by atoms with E-state index in [1.165, 1.54) is 22.1 Å². The van der Waals surface area contributed by atoms with Crippen LogP contribution in [0.2, 0.25) is 0 Å². The van der Waals surface area contributed by atoms with Crippen LogP contribution in [0.4, 0.5) is 0 Å². The van der Waals surface area contributed by atoms with Crippen molar-refractivity contribution in [3.05, 3.63) is 41.6 Å². The number of amides is 1. The monoisotopic (exact) mass is 423 g/mol. The number of aliphatic hydroxyl groups excluding tert-OH is 1. The zero-order valence-electron chi connectivity index (χ0n) is 15.0. The molecule has 2 aliphatic rings. The zero-order chi connectivity index (χ0) is 16.8. The number of benzene rings is 1. The number of halogens is 1. The van der Waals surface area contributed by atoms with E-state index in [0.717, 1.165) is 11.9 Å². The highest BCUT2D eigenvalue weighted by molar-refractivity contribution is 8.93. The van der Waals surface area contributed by atoms with Gasteiger partial charge in [-0.25, -0.2) is 0 Å². The van der Waals surface area contributed by atoms with Crippen molar-refractivity contribution in [2.45, 2.75) is 25.4 Å². The molecule has 0 radical (unpaired) electrons. The molecule has 1 aromatic carbocycles. The summed E-state index contributed by atoms with van der Waals surface area (Å²) in [6, 6.07) is 6.42. The molecule has 1 aliphatic heterocycles. The summed E-state index contributed by atoms with van der Waals surface area (Å²) in [4.78, 5) is 18.2.